The number of nitrogens with two attached hydrogens (primary N) is 1. The molecule has 1 aromatic rings. The Morgan fingerprint density at radius 2 is 2.15 bits per heavy atom. The van der Waals surface area contributed by atoms with Crippen LogP contribution in [0.5, 0.6) is 0 Å². The molecule has 1 aromatic heterocycles. The highest BCUT2D eigenvalue weighted by molar-refractivity contribution is 7.12. The zero-order chi connectivity index (χ0) is 14.0. The predicted octanol–water partition coefficient (Wildman–Crippen LogP) is 3.75. The van der Waals surface area contributed by atoms with Crippen LogP contribution in [-0.2, 0) is 12.7 Å². The summed E-state index contributed by atoms with van der Waals surface area (Å²) >= 11 is 0.845. The summed E-state index contributed by atoms with van der Waals surface area (Å²) in [5, 5.41) is 0. The summed E-state index contributed by atoms with van der Waals surface area (Å²) in [5.74, 6) is 0.454. The van der Waals surface area contributed by atoms with Gasteiger partial charge in [0.05, 0.1) is 0 Å². The van der Waals surface area contributed by atoms with Gasteiger partial charge in [0.2, 0.25) is 0 Å². The maximum Gasteiger partial charge on any atom is 0.425 e. The first-order valence-electron chi connectivity index (χ1n) is 6.50. The Hall–Kier alpha value is -0.300. The molecule has 0 amide bonds. The van der Waals surface area contributed by atoms with Gasteiger partial charge in [0.25, 0.3) is 0 Å². The van der Waals surface area contributed by atoms with E-state index in [4.69, 9.17) is 5.73 Å². The Balaban J connectivity index is 0.00000200. The Morgan fingerprint density at radius 1 is 1.45 bits per heavy atom. The van der Waals surface area contributed by atoms with Crippen molar-refractivity contribution in [1.82, 2.24) is 4.90 Å². The molecule has 0 radical (unpaired) electrons. The van der Waals surface area contributed by atoms with Crippen molar-refractivity contribution in [3.8, 4) is 0 Å². The molecule has 1 aliphatic heterocycles. The van der Waals surface area contributed by atoms with Crippen LogP contribution in [0, 0.1) is 5.92 Å². The van der Waals surface area contributed by atoms with E-state index in [-0.39, 0.29) is 18.4 Å². The van der Waals surface area contributed by atoms with Gasteiger partial charge in [-0.05, 0) is 44.4 Å². The smallest absolute Gasteiger partial charge is 0.328 e. The summed E-state index contributed by atoms with van der Waals surface area (Å²) < 4.78 is 37.6. The maximum atomic E-state index is 12.5. The van der Waals surface area contributed by atoms with Crippen LogP contribution < -0.4 is 5.73 Å². The molecule has 0 aliphatic carbocycles. The van der Waals surface area contributed by atoms with Crippen molar-refractivity contribution < 1.29 is 13.2 Å². The average molecular weight is 329 g/mol. The van der Waals surface area contributed by atoms with Gasteiger partial charge in [0, 0.05) is 24.0 Å². The molecule has 7 heteroatoms. The Labute approximate surface area is 127 Å². The van der Waals surface area contributed by atoms with E-state index >= 15 is 0 Å². The number of rotatable bonds is 3. The molecule has 0 aromatic carbocycles. The van der Waals surface area contributed by atoms with E-state index < -0.39 is 11.1 Å². The quantitative estimate of drug-likeness (QED) is 0.915. The third-order valence-corrected chi connectivity index (χ3v) is 4.72. The highest BCUT2D eigenvalue weighted by Crippen LogP contribution is 2.35. The molecular formula is C13H20ClF3N2S. The van der Waals surface area contributed by atoms with Crippen LogP contribution in [-0.4, -0.2) is 24.0 Å². The number of alkyl halides is 3. The van der Waals surface area contributed by atoms with E-state index in [2.05, 4.69) is 4.90 Å². The number of nitrogens with zero attached hydrogens (tertiary/aromatic N) is 1. The normalized spacial score (nSPS) is 22.4. The summed E-state index contributed by atoms with van der Waals surface area (Å²) in [7, 11) is 0. The highest BCUT2D eigenvalue weighted by Gasteiger charge is 2.32. The van der Waals surface area contributed by atoms with Gasteiger partial charge in [-0.15, -0.1) is 23.7 Å². The Kier molecular flexibility index (Phi) is 6.31. The zero-order valence-corrected chi connectivity index (χ0v) is 13.0. The number of piperidine rings is 1. The van der Waals surface area contributed by atoms with Gasteiger partial charge in [-0.25, -0.2) is 0 Å². The zero-order valence-electron chi connectivity index (χ0n) is 11.3. The van der Waals surface area contributed by atoms with Gasteiger partial charge in [-0.3, -0.25) is 4.90 Å². The fourth-order valence-electron chi connectivity index (χ4n) is 2.50. The van der Waals surface area contributed by atoms with E-state index in [1.807, 2.05) is 6.92 Å². The van der Waals surface area contributed by atoms with Crippen LogP contribution in [0.4, 0.5) is 13.2 Å². The van der Waals surface area contributed by atoms with Crippen LogP contribution in [0.1, 0.15) is 29.5 Å². The lowest BCUT2D eigenvalue weighted by atomic mass is 9.92. The van der Waals surface area contributed by atoms with E-state index in [9.17, 15) is 13.2 Å². The van der Waals surface area contributed by atoms with Crippen LogP contribution in [0.15, 0.2) is 12.1 Å². The van der Waals surface area contributed by atoms with Crippen LogP contribution in [0.25, 0.3) is 0 Å². The van der Waals surface area contributed by atoms with E-state index in [1.165, 1.54) is 6.07 Å². The van der Waals surface area contributed by atoms with Crippen molar-refractivity contribution in [3.05, 3.63) is 21.9 Å². The van der Waals surface area contributed by atoms with Crippen molar-refractivity contribution in [3.63, 3.8) is 0 Å². The van der Waals surface area contributed by atoms with Crippen molar-refractivity contribution in [1.29, 1.82) is 0 Å². The SMILES string of the molecule is CC(N)C1CCCN(Cc2ccc(C(F)(F)F)s2)C1.Cl. The second-order valence-corrected chi connectivity index (χ2v) is 6.43. The number of hydrogen-bond acceptors (Lipinski definition) is 3. The third kappa shape index (κ3) is 4.62. The van der Waals surface area contributed by atoms with E-state index in [1.54, 1.807) is 6.07 Å². The molecular weight excluding hydrogens is 309 g/mol. The third-order valence-electron chi connectivity index (χ3n) is 3.61. The predicted molar refractivity (Wildman–Crippen MR) is 78.2 cm³/mol. The first kappa shape index (κ1) is 17.8. The number of thiophene rings is 1. The first-order valence-corrected chi connectivity index (χ1v) is 7.32. The van der Waals surface area contributed by atoms with Crippen molar-refractivity contribution in [2.45, 2.75) is 38.5 Å². The molecule has 2 rings (SSSR count). The Bertz CT molecular complexity index is 420. The highest BCUT2D eigenvalue weighted by atomic mass is 35.5. The monoisotopic (exact) mass is 328 g/mol. The fourth-order valence-corrected chi connectivity index (χ4v) is 3.42. The van der Waals surface area contributed by atoms with Gasteiger partial charge in [0.1, 0.15) is 4.88 Å². The lowest BCUT2D eigenvalue weighted by molar-refractivity contribution is -0.134. The molecule has 20 heavy (non-hydrogen) atoms. The summed E-state index contributed by atoms with van der Waals surface area (Å²) in [4.78, 5) is 2.48. The van der Waals surface area contributed by atoms with E-state index in [0.717, 1.165) is 42.1 Å². The van der Waals surface area contributed by atoms with Gasteiger partial charge in [0.15, 0.2) is 0 Å². The second-order valence-electron chi connectivity index (χ2n) is 5.26. The standard InChI is InChI=1S/C13H19F3N2S.ClH/c1-9(17)10-3-2-6-18(7-10)8-11-4-5-12(19-11)13(14,15)16;/h4-5,9-10H,2-3,6-8,17H2,1H3;1H. The molecule has 0 saturated carbocycles. The number of halogens is 4. The van der Waals surface area contributed by atoms with Gasteiger partial charge in [-0.2, -0.15) is 13.2 Å². The van der Waals surface area contributed by atoms with Crippen LogP contribution in [0.3, 0.4) is 0 Å². The largest absolute Gasteiger partial charge is 0.425 e. The van der Waals surface area contributed by atoms with Gasteiger partial charge < -0.3 is 5.73 Å². The lowest BCUT2D eigenvalue weighted by Crippen LogP contribution is -2.41. The van der Waals surface area contributed by atoms with Crippen molar-refractivity contribution in [2.24, 2.45) is 11.7 Å². The van der Waals surface area contributed by atoms with Crippen molar-refractivity contribution >= 4 is 23.7 Å². The molecule has 2 heterocycles. The topological polar surface area (TPSA) is 29.3 Å². The molecule has 2 atom stereocenters. The average Bonchev–Trinajstić information content (AvgIpc) is 2.77. The maximum absolute atomic E-state index is 12.5. The minimum Gasteiger partial charge on any atom is -0.328 e. The molecule has 1 fully saturated rings. The lowest BCUT2D eigenvalue weighted by Gasteiger charge is -2.34. The summed E-state index contributed by atoms with van der Waals surface area (Å²) in [6.45, 7) is 4.43. The molecule has 2 N–H and O–H groups in total. The van der Waals surface area contributed by atoms with Gasteiger partial charge in [-0.1, -0.05) is 0 Å². The van der Waals surface area contributed by atoms with E-state index in [0.29, 0.717) is 12.5 Å². The number of hydrogen-bond donors (Lipinski definition) is 1. The number of likely N-dealkylation sites (tertiary alicyclic amines) is 1. The summed E-state index contributed by atoms with van der Waals surface area (Å²) in [6.07, 6.45) is -2.03. The first-order chi connectivity index (χ1) is 8.86. The van der Waals surface area contributed by atoms with Crippen molar-refractivity contribution in [2.75, 3.05) is 13.1 Å². The molecule has 2 nitrogen and oxygen atoms in total. The van der Waals surface area contributed by atoms with Crippen LogP contribution in [0.2, 0.25) is 0 Å². The minimum atomic E-state index is -4.22. The molecule has 2 unspecified atom stereocenters. The minimum absolute atomic E-state index is 0. The molecule has 1 saturated heterocycles. The van der Waals surface area contributed by atoms with Gasteiger partial charge >= 0.3 is 6.18 Å². The molecule has 0 spiro atoms. The molecule has 1 aliphatic rings. The summed E-state index contributed by atoms with van der Waals surface area (Å²) in [6, 6.07) is 2.91. The molecule has 0 bridgehead atoms. The second kappa shape index (κ2) is 7.11. The Morgan fingerprint density at radius 3 is 2.70 bits per heavy atom. The van der Waals surface area contributed by atoms with Crippen LogP contribution >= 0.6 is 23.7 Å². The molecule has 116 valence electrons. The fraction of sp³-hybridized carbons (Fsp3) is 0.692. The summed E-state index contributed by atoms with van der Waals surface area (Å²) in [5.41, 5.74) is 5.91.